The van der Waals surface area contributed by atoms with Crippen LogP contribution >= 0.6 is 0 Å². The molecule has 0 bridgehead atoms. The molecule has 2 N–H and O–H groups in total. The average Bonchev–Trinajstić information content (AvgIpc) is 3.25. The van der Waals surface area contributed by atoms with Gasteiger partial charge in [-0.05, 0) is 48.9 Å². The van der Waals surface area contributed by atoms with Gasteiger partial charge in [-0.1, -0.05) is 48.5 Å². The smallest absolute Gasteiger partial charge is 0.322 e. The van der Waals surface area contributed by atoms with Crippen molar-refractivity contribution < 1.29 is 14.6 Å². The number of methoxy groups -OCH3 is 1. The molecule has 0 spiro atoms. The molecule has 150 valence electrons. The fraction of sp³-hybridized carbons (Fsp3) is 0.292. The fourth-order valence-corrected chi connectivity index (χ4v) is 4.24. The van der Waals surface area contributed by atoms with E-state index in [2.05, 4.69) is 5.32 Å². The van der Waals surface area contributed by atoms with Crippen molar-refractivity contribution in [3.63, 3.8) is 0 Å². The summed E-state index contributed by atoms with van der Waals surface area (Å²) >= 11 is 0. The molecule has 5 nitrogen and oxygen atoms in total. The van der Waals surface area contributed by atoms with Crippen molar-refractivity contribution in [1.29, 1.82) is 0 Å². The molecule has 0 aromatic heterocycles. The highest BCUT2D eigenvalue weighted by molar-refractivity contribution is 6.01. The van der Waals surface area contributed by atoms with Crippen molar-refractivity contribution in [1.82, 2.24) is 4.90 Å². The molecule has 2 amide bonds. The highest BCUT2D eigenvalue weighted by Crippen LogP contribution is 2.36. The Balaban J connectivity index is 1.57. The van der Waals surface area contributed by atoms with Crippen molar-refractivity contribution in [3.05, 3.63) is 72.3 Å². The molecule has 5 heteroatoms. The molecule has 0 aliphatic carbocycles. The number of carbonyl (C=O) groups excluding carboxylic acids is 1. The summed E-state index contributed by atoms with van der Waals surface area (Å²) in [5, 5.41) is 16.5. The number of hydrogen-bond donors (Lipinski definition) is 2. The number of likely N-dealkylation sites (tertiary alicyclic amines) is 1. The summed E-state index contributed by atoms with van der Waals surface area (Å²) in [6, 6.07) is 20.7. The second-order valence-corrected chi connectivity index (χ2v) is 7.68. The second-order valence-electron chi connectivity index (χ2n) is 7.68. The maximum absolute atomic E-state index is 13.1. The van der Waals surface area contributed by atoms with Gasteiger partial charge in [0.1, 0.15) is 11.4 Å². The summed E-state index contributed by atoms with van der Waals surface area (Å²) in [6.45, 7) is 2.40. The number of rotatable bonds is 4. The van der Waals surface area contributed by atoms with Crippen LogP contribution in [0, 0.1) is 0 Å². The number of aliphatic hydroxyl groups is 1. The van der Waals surface area contributed by atoms with Gasteiger partial charge in [-0.2, -0.15) is 0 Å². The molecule has 1 saturated heterocycles. The number of nitrogens with zero attached hydrogens (tertiary/aromatic N) is 1. The fourth-order valence-electron chi connectivity index (χ4n) is 4.24. The number of urea groups is 1. The van der Waals surface area contributed by atoms with E-state index in [1.165, 1.54) is 0 Å². The third kappa shape index (κ3) is 3.66. The molecule has 0 unspecified atom stereocenters. The molecule has 1 aliphatic rings. The summed E-state index contributed by atoms with van der Waals surface area (Å²) in [6.07, 6.45) is 1.61. The van der Waals surface area contributed by atoms with E-state index < -0.39 is 5.60 Å². The molecule has 1 heterocycles. The van der Waals surface area contributed by atoms with Gasteiger partial charge in [0, 0.05) is 11.9 Å². The van der Waals surface area contributed by atoms with Crippen molar-refractivity contribution in [2.45, 2.75) is 31.4 Å². The zero-order valence-corrected chi connectivity index (χ0v) is 16.8. The first kappa shape index (κ1) is 19.3. The number of nitrogens with one attached hydrogen (secondary N) is 1. The summed E-state index contributed by atoms with van der Waals surface area (Å²) in [7, 11) is 1.61. The van der Waals surface area contributed by atoms with Gasteiger partial charge in [0.2, 0.25) is 0 Å². The van der Waals surface area contributed by atoms with Crippen LogP contribution in [-0.4, -0.2) is 35.7 Å². The van der Waals surface area contributed by atoms with E-state index in [0.29, 0.717) is 6.54 Å². The van der Waals surface area contributed by atoms with Gasteiger partial charge < -0.3 is 20.1 Å². The number of amides is 2. The molecule has 3 aromatic carbocycles. The molecule has 2 atom stereocenters. The lowest BCUT2D eigenvalue weighted by atomic mass is 9.86. The SMILES string of the molecule is COc1ccc([C@](C)(O)[C@H]2CCCN2C(=O)Nc2cccc3ccccc23)cc1. The maximum Gasteiger partial charge on any atom is 0.322 e. The molecular weight excluding hydrogens is 364 g/mol. The van der Waals surface area contributed by atoms with E-state index in [0.717, 1.165) is 40.6 Å². The normalized spacial score (nSPS) is 18.4. The Hall–Kier alpha value is -3.05. The van der Waals surface area contributed by atoms with Crippen LogP contribution in [0.25, 0.3) is 10.8 Å². The van der Waals surface area contributed by atoms with Gasteiger partial charge >= 0.3 is 6.03 Å². The van der Waals surface area contributed by atoms with Crippen molar-refractivity contribution in [2.24, 2.45) is 0 Å². The quantitative estimate of drug-likeness (QED) is 0.676. The van der Waals surface area contributed by atoms with Crippen LogP contribution in [0.1, 0.15) is 25.3 Å². The number of ether oxygens (including phenoxy) is 1. The number of anilines is 1. The van der Waals surface area contributed by atoms with Gasteiger partial charge in [0.15, 0.2) is 0 Å². The van der Waals surface area contributed by atoms with Crippen LogP contribution in [-0.2, 0) is 5.60 Å². The van der Waals surface area contributed by atoms with E-state index in [4.69, 9.17) is 4.74 Å². The van der Waals surface area contributed by atoms with E-state index in [1.807, 2.05) is 66.7 Å². The predicted octanol–water partition coefficient (Wildman–Crippen LogP) is 4.75. The third-order valence-electron chi connectivity index (χ3n) is 5.87. The molecule has 3 aromatic rings. The number of hydrogen-bond acceptors (Lipinski definition) is 3. The Morgan fingerprint density at radius 3 is 2.59 bits per heavy atom. The molecule has 1 fully saturated rings. The predicted molar refractivity (Wildman–Crippen MR) is 115 cm³/mol. The zero-order valence-electron chi connectivity index (χ0n) is 16.8. The lowest BCUT2D eigenvalue weighted by Crippen LogP contribution is -2.49. The van der Waals surface area contributed by atoms with Gasteiger partial charge in [0.05, 0.1) is 18.8 Å². The van der Waals surface area contributed by atoms with E-state index in [1.54, 1.807) is 18.9 Å². The largest absolute Gasteiger partial charge is 0.497 e. The number of benzene rings is 3. The minimum Gasteiger partial charge on any atom is -0.497 e. The van der Waals surface area contributed by atoms with E-state index >= 15 is 0 Å². The monoisotopic (exact) mass is 390 g/mol. The first-order valence-electron chi connectivity index (χ1n) is 9.93. The van der Waals surface area contributed by atoms with Gasteiger partial charge in [-0.3, -0.25) is 0 Å². The Bertz CT molecular complexity index is 1010. The number of carbonyl (C=O) groups is 1. The Morgan fingerprint density at radius 2 is 1.83 bits per heavy atom. The van der Waals surface area contributed by atoms with Crippen molar-refractivity contribution in [2.75, 3.05) is 19.0 Å². The van der Waals surface area contributed by atoms with Crippen LogP contribution in [0.3, 0.4) is 0 Å². The lowest BCUT2D eigenvalue weighted by molar-refractivity contribution is -0.00943. The Morgan fingerprint density at radius 1 is 1.10 bits per heavy atom. The minimum atomic E-state index is -1.15. The van der Waals surface area contributed by atoms with Gasteiger partial charge in [-0.25, -0.2) is 4.79 Å². The zero-order chi connectivity index (χ0) is 20.4. The van der Waals surface area contributed by atoms with Crippen LogP contribution in [0.2, 0.25) is 0 Å². The van der Waals surface area contributed by atoms with Crippen LogP contribution in [0.5, 0.6) is 5.75 Å². The maximum atomic E-state index is 13.1. The standard InChI is InChI=1S/C24H26N2O3/c1-24(28,18-12-14-19(29-2)15-13-18)22-11-6-16-26(22)23(27)25-21-10-5-8-17-7-3-4-9-20(17)21/h3-5,7-10,12-15,22,28H,6,11,16H2,1-2H3,(H,25,27)/t22-,24+/m1/s1. The summed E-state index contributed by atoms with van der Waals surface area (Å²) in [4.78, 5) is 14.9. The van der Waals surface area contributed by atoms with Crippen molar-refractivity contribution in [3.8, 4) is 5.75 Å². The summed E-state index contributed by atoms with van der Waals surface area (Å²) < 4.78 is 5.21. The molecule has 4 rings (SSSR count). The molecular formula is C24H26N2O3. The minimum absolute atomic E-state index is 0.183. The highest BCUT2D eigenvalue weighted by Gasteiger charge is 2.42. The first-order chi connectivity index (χ1) is 14.0. The Labute approximate surface area is 170 Å². The number of fused-ring (bicyclic) bond motifs is 1. The Kier molecular flexibility index (Phi) is 5.16. The van der Waals surface area contributed by atoms with Gasteiger partial charge in [-0.15, -0.1) is 0 Å². The summed E-state index contributed by atoms with van der Waals surface area (Å²) in [5.74, 6) is 0.738. The molecule has 29 heavy (non-hydrogen) atoms. The third-order valence-corrected chi connectivity index (χ3v) is 5.87. The second kappa shape index (κ2) is 7.76. The molecule has 0 radical (unpaired) electrons. The first-order valence-corrected chi connectivity index (χ1v) is 9.93. The molecule has 1 aliphatic heterocycles. The van der Waals surface area contributed by atoms with E-state index in [-0.39, 0.29) is 12.1 Å². The topological polar surface area (TPSA) is 61.8 Å². The van der Waals surface area contributed by atoms with Crippen molar-refractivity contribution >= 4 is 22.5 Å². The highest BCUT2D eigenvalue weighted by atomic mass is 16.5. The lowest BCUT2D eigenvalue weighted by Gasteiger charge is -2.37. The van der Waals surface area contributed by atoms with E-state index in [9.17, 15) is 9.90 Å². The van der Waals surface area contributed by atoms with Crippen LogP contribution < -0.4 is 10.1 Å². The van der Waals surface area contributed by atoms with Crippen LogP contribution in [0.4, 0.5) is 10.5 Å². The van der Waals surface area contributed by atoms with Gasteiger partial charge in [0.25, 0.3) is 0 Å². The van der Waals surface area contributed by atoms with Crippen LogP contribution in [0.15, 0.2) is 66.7 Å². The molecule has 0 saturated carbocycles. The average molecular weight is 390 g/mol. The summed E-state index contributed by atoms with van der Waals surface area (Å²) in [5.41, 5.74) is 0.398.